The van der Waals surface area contributed by atoms with E-state index in [1.54, 1.807) is 14.0 Å². The number of unbranched alkanes of at least 4 members (excludes halogenated alkanes) is 2. The van der Waals surface area contributed by atoms with E-state index in [0.717, 1.165) is 23.9 Å². The number of aromatic nitrogens is 2. The summed E-state index contributed by atoms with van der Waals surface area (Å²) in [5, 5.41) is 1.26. The standard InChI is InChI=1S/C15H20N4O2S.C7H16N2.C5H12/c1-4-7-21-12-6-5-10(22)8-11(12)14-17-9(2)13(19(3)16)15(20)18-14;1-9-6-2-3-7(9)4-5-8;1-3-5-4-2/h5-6,8,22H,4,7,16H2,1-3H3,(H,17,18,20);7H,2-6,8H2,1H3;3-5H2,1-2H3. The lowest BCUT2D eigenvalue weighted by Crippen LogP contribution is -2.32. The van der Waals surface area contributed by atoms with E-state index < -0.39 is 0 Å². The number of hydrogen-bond acceptors (Lipinski definition) is 8. The van der Waals surface area contributed by atoms with Gasteiger partial charge in [-0.1, -0.05) is 40.0 Å². The quantitative estimate of drug-likeness (QED) is 0.214. The van der Waals surface area contributed by atoms with Crippen LogP contribution in [-0.4, -0.2) is 54.7 Å². The Morgan fingerprint density at radius 1 is 1.25 bits per heavy atom. The topological polar surface area (TPSA) is 113 Å². The summed E-state index contributed by atoms with van der Waals surface area (Å²) >= 11 is 4.34. The first-order valence-electron chi connectivity index (χ1n) is 13.2. The van der Waals surface area contributed by atoms with E-state index in [9.17, 15) is 4.79 Å². The molecule has 1 aliphatic heterocycles. The van der Waals surface area contributed by atoms with E-state index in [4.69, 9.17) is 16.3 Å². The van der Waals surface area contributed by atoms with Crippen molar-refractivity contribution in [3.63, 3.8) is 0 Å². The molecule has 8 nitrogen and oxygen atoms in total. The number of H-pyrrole nitrogens is 1. The van der Waals surface area contributed by atoms with Gasteiger partial charge < -0.3 is 25.4 Å². The molecule has 1 fully saturated rings. The van der Waals surface area contributed by atoms with E-state index in [2.05, 4.69) is 48.4 Å². The molecule has 3 rings (SSSR count). The van der Waals surface area contributed by atoms with Crippen LogP contribution in [0.15, 0.2) is 27.9 Å². The minimum Gasteiger partial charge on any atom is -0.493 e. The normalized spacial score (nSPS) is 15.0. The van der Waals surface area contributed by atoms with Crippen LogP contribution >= 0.6 is 12.6 Å². The number of thiol groups is 1. The van der Waals surface area contributed by atoms with Gasteiger partial charge in [-0.2, -0.15) is 0 Å². The van der Waals surface area contributed by atoms with Crippen LogP contribution in [0.3, 0.4) is 0 Å². The van der Waals surface area contributed by atoms with Crippen LogP contribution in [0, 0.1) is 6.92 Å². The molecular formula is C27H48N6O2S. The number of anilines is 1. The lowest BCUT2D eigenvalue weighted by atomic mass is 10.1. The molecule has 0 spiro atoms. The Bertz CT molecular complexity index is 948. The fourth-order valence-electron chi connectivity index (χ4n) is 4.05. The Hall–Kier alpha value is -2.07. The van der Waals surface area contributed by atoms with Gasteiger partial charge in [0, 0.05) is 18.0 Å². The predicted octanol–water partition coefficient (Wildman–Crippen LogP) is 4.76. The Kier molecular flexibility index (Phi) is 15.4. The third kappa shape index (κ3) is 10.5. The SMILES string of the molecule is CCCCC.CCCOc1ccc(S)cc1-c1nc(C)c(N(C)N)c(=O)[nH]1.CN1CCCC1CCN. The molecule has 2 heterocycles. The number of nitrogens with one attached hydrogen (secondary N) is 1. The van der Waals surface area contributed by atoms with Gasteiger partial charge in [-0.3, -0.25) is 4.79 Å². The van der Waals surface area contributed by atoms with Gasteiger partial charge >= 0.3 is 0 Å². The van der Waals surface area contributed by atoms with Gasteiger partial charge in [0.25, 0.3) is 5.56 Å². The van der Waals surface area contributed by atoms with E-state index >= 15 is 0 Å². The molecule has 1 atom stereocenters. The van der Waals surface area contributed by atoms with E-state index in [-0.39, 0.29) is 5.56 Å². The third-order valence-corrected chi connectivity index (χ3v) is 6.26. The van der Waals surface area contributed by atoms with Crippen LogP contribution in [0.4, 0.5) is 5.69 Å². The van der Waals surface area contributed by atoms with Crippen LogP contribution in [0.1, 0.15) is 71.4 Å². The number of benzene rings is 1. The number of nitrogens with zero attached hydrogens (tertiary/aromatic N) is 3. The smallest absolute Gasteiger partial charge is 0.276 e. The molecule has 1 saturated heterocycles. The monoisotopic (exact) mass is 520 g/mol. The molecule has 9 heteroatoms. The summed E-state index contributed by atoms with van der Waals surface area (Å²) < 4.78 is 5.72. The molecule has 0 saturated carbocycles. The summed E-state index contributed by atoms with van der Waals surface area (Å²) in [6.45, 7) is 10.9. The van der Waals surface area contributed by atoms with E-state index in [1.807, 2.05) is 25.1 Å². The van der Waals surface area contributed by atoms with Gasteiger partial charge in [-0.05, 0) is 70.9 Å². The molecule has 0 radical (unpaired) electrons. The number of rotatable bonds is 9. The van der Waals surface area contributed by atoms with Gasteiger partial charge in [0.2, 0.25) is 0 Å². The number of aromatic amines is 1. The predicted molar refractivity (Wildman–Crippen MR) is 155 cm³/mol. The molecule has 36 heavy (non-hydrogen) atoms. The zero-order valence-electron chi connectivity index (χ0n) is 23.1. The number of hydrazine groups is 1. The summed E-state index contributed by atoms with van der Waals surface area (Å²) in [6.07, 6.45) is 8.86. The van der Waals surface area contributed by atoms with Crippen molar-refractivity contribution in [2.75, 3.05) is 38.8 Å². The lowest BCUT2D eigenvalue weighted by molar-refractivity contribution is 0.299. The number of aryl methyl sites for hydroxylation is 1. The first kappa shape index (κ1) is 32.0. The Balaban J connectivity index is 0.000000379. The summed E-state index contributed by atoms with van der Waals surface area (Å²) in [6, 6.07) is 6.27. The highest BCUT2D eigenvalue weighted by atomic mass is 32.1. The molecule has 5 N–H and O–H groups in total. The Morgan fingerprint density at radius 3 is 2.42 bits per heavy atom. The van der Waals surface area contributed by atoms with Gasteiger partial charge in [0.15, 0.2) is 0 Å². The molecule has 1 aromatic heterocycles. The van der Waals surface area contributed by atoms with Crippen LogP contribution in [0.2, 0.25) is 0 Å². The minimum atomic E-state index is -0.293. The highest BCUT2D eigenvalue weighted by Crippen LogP contribution is 2.30. The Morgan fingerprint density at radius 2 is 1.94 bits per heavy atom. The van der Waals surface area contributed by atoms with Gasteiger partial charge in [-0.15, -0.1) is 12.6 Å². The first-order valence-corrected chi connectivity index (χ1v) is 13.6. The number of ether oxygens (including phenoxy) is 1. The van der Waals surface area contributed by atoms with Gasteiger partial charge in [0.1, 0.15) is 17.3 Å². The van der Waals surface area contributed by atoms with Crippen LogP contribution in [0.5, 0.6) is 5.75 Å². The molecule has 0 bridgehead atoms. The fraction of sp³-hybridized carbons (Fsp3) is 0.630. The maximum atomic E-state index is 12.2. The second-order valence-electron chi connectivity index (χ2n) is 9.20. The minimum absolute atomic E-state index is 0.293. The molecule has 1 aliphatic rings. The molecular weight excluding hydrogens is 472 g/mol. The van der Waals surface area contributed by atoms with Crippen molar-refractivity contribution in [2.24, 2.45) is 11.6 Å². The van der Waals surface area contributed by atoms with Crippen LogP contribution in [-0.2, 0) is 0 Å². The van der Waals surface area contributed by atoms with Crippen molar-refractivity contribution >= 4 is 18.3 Å². The maximum Gasteiger partial charge on any atom is 0.276 e. The van der Waals surface area contributed by atoms with Crippen molar-refractivity contribution in [3.05, 3.63) is 34.2 Å². The summed E-state index contributed by atoms with van der Waals surface area (Å²) in [5.41, 5.74) is 6.74. The summed E-state index contributed by atoms with van der Waals surface area (Å²) in [4.78, 5) is 22.6. The maximum absolute atomic E-state index is 12.2. The summed E-state index contributed by atoms with van der Waals surface area (Å²) in [7, 11) is 3.79. The molecule has 0 aliphatic carbocycles. The summed E-state index contributed by atoms with van der Waals surface area (Å²) in [5.74, 6) is 6.76. The van der Waals surface area contributed by atoms with Gasteiger partial charge in [0.05, 0.1) is 17.9 Å². The largest absolute Gasteiger partial charge is 0.493 e. The van der Waals surface area contributed by atoms with Crippen LogP contribution < -0.4 is 26.9 Å². The van der Waals surface area contributed by atoms with Crippen LogP contribution in [0.25, 0.3) is 11.4 Å². The first-order chi connectivity index (χ1) is 17.2. The van der Waals surface area contributed by atoms with Crippen molar-refractivity contribution < 1.29 is 4.74 Å². The highest BCUT2D eigenvalue weighted by Gasteiger charge is 2.19. The highest BCUT2D eigenvalue weighted by molar-refractivity contribution is 7.80. The third-order valence-electron chi connectivity index (χ3n) is 5.98. The number of hydrogen-bond donors (Lipinski definition) is 4. The van der Waals surface area contributed by atoms with Crippen molar-refractivity contribution in [1.29, 1.82) is 0 Å². The zero-order chi connectivity index (χ0) is 27.1. The lowest BCUT2D eigenvalue weighted by Gasteiger charge is -2.17. The second kappa shape index (κ2) is 17.4. The fourth-order valence-corrected chi connectivity index (χ4v) is 4.26. The average Bonchev–Trinajstić information content (AvgIpc) is 3.23. The molecule has 2 aromatic rings. The van der Waals surface area contributed by atoms with Gasteiger partial charge in [-0.25, -0.2) is 10.8 Å². The van der Waals surface area contributed by atoms with E-state index in [1.165, 1.54) is 50.1 Å². The molecule has 204 valence electrons. The van der Waals surface area contributed by atoms with Crippen molar-refractivity contribution in [2.45, 2.75) is 83.6 Å². The number of likely N-dealkylation sites (tertiary alicyclic amines) is 1. The molecule has 1 aromatic carbocycles. The molecule has 0 amide bonds. The number of nitrogens with two attached hydrogens (primary N) is 2. The average molecular weight is 521 g/mol. The Labute approximate surface area is 223 Å². The van der Waals surface area contributed by atoms with Crippen molar-refractivity contribution in [3.8, 4) is 17.1 Å². The van der Waals surface area contributed by atoms with Crippen molar-refractivity contribution in [1.82, 2.24) is 14.9 Å². The second-order valence-corrected chi connectivity index (χ2v) is 9.71. The van der Waals surface area contributed by atoms with E-state index in [0.29, 0.717) is 35.1 Å². The molecule has 1 unspecified atom stereocenters. The zero-order valence-corrected chi connectivity index (χ0v) is 24.0.